The molecular weight excluding hydrogens is 156 g/mol. The monoisotopic (exact) mass is 170 g/mol. The van der Waals surface area contributed by atoms with Gasteiger partial charge >= 0.3 is 0 Å². The Balaban J connectivity index is 2.73. The molecule has 1 rings (SSSR count). The second kappa shape index (κ2) is 3.62. The van der Waals surface area contributed by atoms with E-state index in [0.29, 0.717) is 0 Å². The highest BCUT2D eigenvalue weighted by molar-refractivity contribution is 7.19. The Morgan fingerprint density at radius 2 is 2.00 bits per heavy atom. The molecule has 0 unspecified atom stereocenters. The minimum Gasteiger partial charge on any atom is -0.391 e. The zero-order valence-corrected chi connectivity index (χ0v) is 7.82. The highest BCUT2D eigenvalue weighted by atomic mass is 32.1. The van der Waals surface area contributed by atoms with Crippen LogP contribution in [-0.4, -0.2) is 13.1 Å². The Morgan fingerprint density at radius 1 is 1.36 bits per heavy atom. The van der Waals surface area contributed by atoms with Crippen LogP contribution in [0.1, 0.15) is 13.8 Å². The van der Waals surface area contributed by atoms with Crippen molar-refractivity contribution in [3.05, 3.63) is 12.1 Å². The second-order valence-electron chi connectivity index (χ2n) is 2.35. The number of thiophene rings is 1. The van der Waals surface area contributed by atoms with E-state index in [-0.39, 0.29) is 0 Å². The van der Waals surface area contributed by atoms with Gasteiger partial charge in [-0.05, 0) is 26.0 Å². The van der Waals surface area contributed by atoms with Gasteiger partial charge < -0.3 is 10.6 Å². The van der Waals surface area contributed by atoms with Gasteiger partial charge in [-0.2, -0.15) is 0 Å². The van der Waals surface area contributed by atoms with E-state index < -0.39 is 0 Å². The molecule has 0 saturated heterocycles. The number of nitrogen functional groups attached to an aromatic ring is 1. The molecule has 62 valence electrons. The third kappa shape index (κ3) is 1.87. The molecule has 0 amide bonds. The molecule has 0 aliphatic carbocycles. The van der Waals surface area contributed by atoms with Gasteiger partial charge in [0.1, 0.15) is 0 Å². The molecule has 11 heavy (non-hydrogen) atoms. The van der Waals surface area contributed by atoms with E-state index in [0.717, 1.165) is 18.1 Å². The van der Waals surface area contributed by atoms with Crippen molar-refractivity contribution < 1.29 is 0 Å². The van der Waals surface area contributed by atoms with Crippen LogP contribution in [0.25, 0.3) is 0 Å². The van der Waals surface area contributed by atoms with Crippen LogP contribution in [0.15, 0.2) is 12.1 Å². The number of hydrogen-bond donors (Lipinski definition) is 1. The fourth-order valence-corrected chi connectivity index (χ4v) is 1.95. The van der Waals surface area contributed by atoms with Gasteiger partial charge in [0.05, 0.1) is 10.0 Å². The first-order chi connectivity index (χ1) is 5.27. The standard InChI is InChI=1S/C8H14N2S/c1-3-10(4-2)8-6-5-7(9)11-8/h5-6H,3-4,9H2,1-2H3. The zero-order chi connectivity index (χ0) is 8.27. The maximum atomic E-state index is 5.62. The van der Waals surface area contributed by atoms with Crippen molar-refractivity contribution in [2.75, 3.05) is 23.7 Å². The van der Waals surface area contributed by atoms with Crippen molar-refractivity contribution in [3.63, 3.8) is 0 Å². The van der Waals surface area contributed by atoms with Crippen molar-refractivity contribution in [3.8, 4) is 0 Å². The molecule has 0 bridgehead atoms. The molecule has 0 fully saturated rings. The van der Waals surface area contributed by atoms with Gasteiger partial charge in [-0.15, -0.1) is 11.3 Å². The van der Waals surface area contributed by atoms with Crippen LogP contribution >= 0.6 is 11.3 Å². The number of nitrogens with two attached hydrogens (primary N) is 1. The summed E-state index contributed by atoms with van der Waals surface area (Å²) in [5, 5.41) is 2.17. The van der Waals surface area contributed by atoms with Crippen molar-refractivity contribution in [2.24, 2.45) is 0 Å². The van der Waals surface area contributed by atoms with Gasteiger partial charge in [-0.1, -0.05) is 0 Å². The number of rotatable bonds is 3. The lowest BCUT2D eigenvalue weighted by molar-refractivity contribution is 0.876. The molecule has 0 aliphatic rings. The maximum absolute atomic E-state index is 5.62. The summed E-state index contributed by atoms with van der Waals surface area (Å²) in [4.78, 5) is 2.29. The lowest BCUT2D eigenvalue weighted by Gasteiger charge is -2.17. The molecule has 0 radical (unpaired) electrons. The number of nitrogens with zero attached hydrogens (tertiary/aromatic N) is 1. The van der Waals surface area contributed by atoms with Gasteiger partial charge in [0, 0.05) is 13.1 Å². The van der Waals surface area contributed by atoms with Gasteiger partial charge in [0.15, 0.2) is 0 Å². The molecule has 0 spiro atoms. The minimum absolute atomic E-state index is 0.895. The Bertz CT molecular complexity index is 216. The summed E-state index contributed by atoms with van der Waals surface area (Å²) in [5.74, 6) is 0. The predicted molar refractivity (Wildman–Crippen MR) is 52.3 cm³/mol. The SMILES string of the molecule is CCN(CC)c1ccc(N)s1. The maximum Gasteiger partial charge on any atom is 0.0929 e. The molecule has 3 heteroatoms. The highest BCUT2D eigenvalue weighted by Crippen LogP contribution is 2.26. The molecule has 1 aromatic heterocycles. The summed E-state index contributed by atoms with van der Waals surface area (Å²) in [6.45, 7) is 6.41. The lowest BCUT2D eigenvalue weighted by Crippen LogP contribution is -2.20. The first kappa shape index (κ1) is 8.40. The predicted octanol–water partition coefficient (Wildman–Crippen LogP) is 2.18. The number of hydrogen-bond acceptors (Lipinski definition) is 3. The Labute approximate surface area is 71.6 Å². The third-order valence-corrected chi connectivity index (χ3v) is 2.66. The smallest absolute Gasteiger partial charge is 0.0929 e. The number of anilines is 2. The zero-order valence-electron chi connectivity index (χ0n) is 7.00. The van der Waals surface area contributed by atoms with Crippen molar-refractivity contribution in [1.82, 2.24) is 0 Å². The van der Waals surface area contributed by atoms with E-state index in [1.165, 1.54) is 5.00 Å². The minimum atomic E-state index is 0.895. The molecule has 0 saturated carbocycles. The third-order valence-electron chi connectivity index (χ3n) is 1.69. The van der Waals surface area contributed by atoms with Crippen LogP contribution < -0.4 is 10.6 Å². The fraction of sp³-hybridized carbons (Fsp3) is 0.500. The Kier molecular flexibility index (Phi) is 2.76. The van der Waals surface area contributed by atoms with Crippen molar-refractivity contribution >= 4 is 21.3 Å². The van der Waals surface area contributed by atoms with Crippen LogP contribution in [0.2, 0.25) is 0 Å². The van der Waals surface area contributed by atoms with E-state index >= 15 is 0 Å². The summed E-state index contributed by atoms with van der Waals surface area (Å²) >= 11 is 1.65. The Morgan fingerprint density at radius 3 is 2.36 bits per heavy atom. The molecular formula is C8H14N2S. The lowest BCUT2D eigenvalue weighted by atomic mass is 10.5. The summed E-state index contributed by atoms with van der Waals surface area (Å²) in [6.07, 6.45) is 0. The molecule has 0 aromatic carbocycles. The molecule has 2 nitrogen and oxygen atoms in total. The van der Waals surface area contributed by atoms with Crippen molar-refractivity contribution in [1.29, 1.82) is 0 Å². The van der Waals surface area contributed by atoms with Crippen molar-refractivity contribution in [2.45, 2.75) is 13.8 Å². The molecule has 1 heterocycles. The summed E-state index contributed by atoms with van der Waals surface area (Å²) < 4.78 is 0. The van der Waals surface area contributed by atoms with Gasteiger partial charge in [-0.3, -0.25) is 0 Å². The van der Waals surface area contributed by atoms with E-state index in [1.54, 1.807) is 11.3 Å². The fourth-order valence-electron chi connectivity index (χ4n) is 1.05. The van der Waals surface area contributed by atoms with Crippen LogP contribution in [0, 0.1) is 0 Å². The molecule has 0 atom stereocenters. The van der Waals surface area contributed by atoms with Gasteiger partial charge in [-0.25, -0.2) is 0 Å². The van der Waals surface area contributed by atoms with E-state index in [9.17, 15) is 0 Å². The largest absolute Gasteiger partial charge is 0.391 e. The van der Waals surface area contributed by atoms with Crippen LogP contribution in [-0.2, 0) is 0 Å². The van der Waals surface area contributed by atoms with Gasteiger partial charge in [0.2, 0.25) is 0 Å². The molecule has 1 aromatic rings. The highest BCUT2D eigenvalue weighted by Gasteiger charge is 2.02. The average Bonchev–Trinajstić information content (AvgIpc) is 2.39. The summed E-state index contributed by atoms with van der Waals surface area (Å²) in [5.41, 5.74) is 5.62. The normalized spacial score (nSPS) is 10.0. The second-order valence-corrected chi connectivity index (χ2v) is 3.44. The average molecular weight is 170 g/mol. The molecule has 0 aliphatic heterocycles. The van der Waals surface area contributed by atoms with E-state index in [1.807, 2.05) is 6.07 Å². The van der Waals surface area contributed by atoms with Crippen LogP contribution in [0.3, 0.4) is 0 Å². The van der Waals surface area contributed by atoms with E-state index in [2.05, 4.69) is 24.8 Å². The van der Waals surface area contributed by atoms with Crippen LogP contribution in [0.4, 0.5) is 10.0 Å². The summed E-state index contributed by atoms with van der Waals surface area (Å²) in [7, 11) is 0. The van der Waals surface area contributed by atoms with E-state index in [4.69, 9.17) is 5.73 Å². The summed E-state index contributed by atoms with van der Waals surface area (Å²) in [6, 6.07) is 4.03. The Hall–Kier alpha value is -0.700. The first-order valence-corrected chi connectivity index (χ1v) is 4.69. The van der Waals surface area contributed by atoms with Crippen LogP contribution in [0.5, 0.6) is 0 Å². The molecule has 2 N–H and O–H groups in total. The quantitative estimate of drug-likeness (QED) is 0.753. The van der Waals surface area contributed by atoms with Gasteiger partial charge in [0.25, 0.3) is 0 Å². The topological polar surface area (TPSA) is 29.3 Å². The first-order valence-electron chi connectivity index (χ1n) is 3.88.